The van der Waals surface area contributed by atoms with E-state index in [1.165, 1.54) is 18.5 Å². The first-order valence-electron chi connectivity index (χ1n) is 8.30. The van der Waals surface area contributed by atoms with Crippen molar-refractivity contribution in [2.24, 2.45) is 0 Å². The topological polar surface area (TPSA) is 93.6 Å². The van der Waals surface area contributed by atoms with Crippen LogP contribution in [0.5, 0.6) is 5.75 Å². The van der Waals surface area contributed by atoms with Crippen LogP contribution >= 0.6 is 11.8 Å². The third-order valence-corrected chi connectivity index (χ3v) is 5.88. The van der Waals surface area contributed by atoms with E-state index in [-0.39, 0.29) is 0 Å². The fraction of sp³-hybridized carbons (Fsp3) is 0.333. The molecule has 0 spiro atoms. The van der Waals surface area contributed by atoms with Gasteiger partial charge in [0.25, 0.3) is 5.56 Å². The standard InChI is InChI=1S/C18H18N2O4S/c21-16-12-5-8-25-13-9-10(20-6-1-2-7-20)3-4-11(13)15(12)19-17(22)14(16)18(23)24/h3-4,9H,1-2,5-8H2,(H,23,24)(H2,19,21,22). The zero-order valence-corrected chi connectivity index (χ0v) is 14.4. The largest absolute Gasteiger partial charge is 0.506 e. The second-order valence-corrected chi connectivity index (χ2v) is 7.45. The summed E-state index contributed by atoms with van der Waals surface area (Å²) in [5, 5.41) is 19.5. The van der Waals surface area contributed by atoms with Gasteiger partial charge in [-0.25, -0.2) is 4.79 Å². The molecule has 3 N–H and O–H groups in total. The van der Waals surface area contributed by atoms with Crippen LogP contribution in [0.15, 0.2) is 27.9 Å². The maximum absolute atomic E-state index is 12.1. The summed E-state index contributed by atoms with van der Waals surface area (Å²) in [5.74, 6) is -1.12. The van der Waals surface area contributed by atoms with Crippen molar-refractivity contribution in [2.45, 2.75) is 24.2 Å². The first kappa shape index (κ1) is 16.1. The second-order valence-electron chi connectivity index (χ2n) is 6.31. The number of fused-ring (bicyclic) bond motifs is 3. The van der Waals surface area contributed by atoms with E-state index in [0.29, 0.717) is 23.4 Å². The van der Waals surface area contributed by atoms with Crippen molar-refractivity contribution in [3.8, 4) is 17.0 Å². The monoisotopic (exact) mass is 358 g/mol. The number of carboxylic acid groups (broad SMARTS) is 1. The lowest BCUT2D eigenvalue weighted by Gasteiger charge is -2.19. The third-order valence-electron chi connectivity index (χ3n) is 4.82. The summed E-state index contributed by atoms with van der Waals surface area (Å²) in [4.78, 5) is 29.5. The molecule has 1 fully saturated rings. The Labute approximate surface area is 148 Å². The van der Waals surface area contributed by atoms with Crippen LogP contribution in [0.25, 0.3) is 11.3 Å². The molecule has 4 rings (SSSR count). The van der Waals surface area contributed by atoms with Gasteiger partial charge in [-0.1, -0.05) is 0 Å². The number of aromatic nitrogens is 1. The van der Waals surface area contributed by atoms with E-state index >= 15 is 0 Å². The van der Waals surface area contributed by atoms with Crippen LogP contribution in [0.4, 0.5) is 5.69 Å². The highest BCUT2D eigenvalue weighted by molar-refractivity contribution is 7.99. The predicted octanol–water partition coefficient (Wildman–Crippen LogP) is 2.69. The smallest absolute Gasteiger partial charge is 0.345 e. The molecule has 0 unspecified atom stereocenters. The lowest BCUT2D eigenvalue weighted by Crippen LogP contribution is -2.20. The summed E-state index contributed by atoms with van der Waals surface area (Å²) < 4.78 is 0. The molecule has 1 aromatic heterocycles. The molecule has 1 aromatic carbocycles. The van der Waals surface area contributed by atoms with Crippen molar-refractivity contribution in [1.29, 1.82) is 0 Å². The van der Waals surface area contributed by atoms with Gasteiger partial charge in [-0.05, 0) is 37.5 Å². The lowest BCUT2D eigenvalue weighted by molar-refractivity contribution is 0.0691. The average molecular weight is 358 g/mol. The number of aromatic hydroxyl groups is 1. The predicted molar refractivity (Wildman–Crippen MR) is 97.0 cm³/mol. The third kappa shape index (κ3) is 2.68. The summed E-state index contributed by atoms with van der Waals surface area (Å²) in [6.07, 6.45) is 2.90. The minimum Gasteiger partial charge on any atom is -0.506 e. The molecule has 7 heteroatoms. The van der Waals surface area contributed by atoms with Gasteiger partial charge >= 0.3 is 5.97 Å². The number of nitrogens with one attached hydrogen (secondary N) is 1. The molecule has 6 nitrogen and oxygen atoms in total. The summed E-state index contributed by atoms with van der Waals surface area (Å²) in [5.41, 5.74) is 1.68. The molecule has 2 aliphatic rings. The Bertz CT molecular complexity index is 916. The average Bonchev–Trinajstić information content (AvgIpc) is 3.04. The van der Waals surface area contributed by atoms with Gasteiger partial charge < -0.3 is 20.1 Å². The van der Waals surface area contributed by atoms with E-state index < -0.39 is 22.8 Å². The van der Waals surface area contributed by atoms with Crippen molar-refractivity contribution in [3.63, 3.8) is 0 Å². The minimum atomic E-state index is -1.41. The van der Waals surface area contributed by atoms with Gasteiger partial charge in [-0.3, -0.25) is 4.79 Å². The zero-order valence-electron chi connectivity index (χ0n) is 13.5. The van der Waals surface area contributed by atoms with Crippen molar-refractivity contribution in [1.82, 2.24) is 4.98 Å². The quantitative estimate of drug-likeness (QED) is 0.764. The number of H-pyrrole nitrogens is 1. The van der Waals surface area contributed by atoms with E-state index in [0.717, 1.165) is 23.5 Å². The fourth-order valence-corrected chi connectivity index (χ4v) is 4.63. The lowest BCUT2D eigenvalue weighted by atomic mass is 10.0. The van der Waals surface area contributed by atoms with Crippen LogP contribution in [0.1, 0.15) is 28.8 Å². The van der Waals surface area contributed by atoms with Gasteiger partial charge in [0.05, 0.1) is 5.69 Å². The molecule has 0 aliphatic carbocycles. The van der Waals surface area contributed by atoms with Gasteiger partial charge in [0, 0.05) is 40.6 Å². The Balaban J connectivity index is 1.87. The number of benzene rings is 1. The minimum absolute atomic E-state index is 0.414. The highest BCUT2D eigenvalue weighted by atomic mass is 32.2. The van der Waals surface area contributed by atoms with Crippen LogP contribution in [-0.4, -0.2) is 40.0 Å². The van der Waals surface area contributed by atoms with E-state index in [9.17, 15) is 19.8 Å². The number of carboxylic acids is 1. The molecule has 0 bridgehead atoms. The number of anilines is 1. The van der Waals surface area contributed by atoms with Crippen LogP contribution in [0.2, 0.25) is 0 Å². The molecule has 0 atom stereocenters. The van der Waals surface area contributed by atoms with Crippen LogP contribution < -0.4 is 10.5 Å². The first-order valence-corrected chi connectivity index (χ1v) is 9.28. The van der Waals surface area contributed by atoms with Crippen molar-refractivity contribution >= 4 is 23.4 Å². The number of hydrogen-bond acceptors (Lipinski definition) is 5. The Morgan fingerprint density at radius 2 is 2.00 bits per heavy atom. The molecule has 2 aromatic rings. The molecule has 0 radical (unpaired) electrons. The summed E-state index contributed by atoms with van der Waals surface area (Å²) in [6, 6.07) is 6.11. The normalized spacial score (nSPS) is 16.2. The van der Waals surface area contributed by atoms with Crippen molar-refractivity contribution in [3.05, 3.63) is 39.7 Å². The Hall–Kier alpha value is -2.41. The number of carbonyl (C=O) groups is 1. The molecule has 0 amide bonds. The Kier molecular flexibility index (Phi) is 3.95. The highest BCUT2D eigenvalue weighted by Crippen LogP contribution is 2.41. The number of hydrogen-bond donors (Lipinski definition) is 3. The van der Waals surface area contributed by atoms with Gasteiger partial charge in [-0.2, -0.15) is 0 Å². The summed E-state index contributed by atoms with van der Waals surface area (Å²) in [7, 11) is 0. The van der Waals surface area contributed by atoms with Crippen LogP contribution in [-0.2, 0) is 6.42 Å². The highest BCUT2D eigenvalue weighted by Gasteiger charge is 2.26. The number of aromatic carboxylic acids is 1. The van der Waals surface area contributed by atoms with Crippen molar-refractivity contribution < 1.29 is 15.0 Å². The molecular formula is C18H18N2O4S. The van der Waals surface area contributed by atoms with E-state index in [4.69, 9.17) is 0 Å². The molecular weight excluding hydrogens is 340 g/mol. The number of thioether (sulfide) groups is 1. The van der Waals surface area contributed by atoms with Crippen LogP contribution in [0.3, 0.4) is 0 Å². The maximum atomic E-state index is 12.1. The summed E-state index contributed by atoms with van der Waals surface area (Å²) in [6.45, 7) is 2.11. The number of rotatable bonds is 2. The van der Waals surface area contributed by atoms with Gasteiger partial charge in [0.15, 0.2) is 5.56 Å². The second kappa shape index (κ2) is 6.15. The molecule has 1 saturated heterocycles. The fourth-order valence-electron chi connectivity index (χ4n) is 3.57. The Morgan fingerprint density at radius 1 is 1.24 bits per heavy atom. The van der Waals surface area contributed by atoms with Gasteiger partial charge in [0.2, 0.25) is 0 Å². The van der Waals surface area contributed by atoms with Crippen LogP contribution in [0, 0.1) is 0 Å². The number of pyridine rings is 1. The van der Waals surface area contributed by atoms with E-state index in [1.54, 1.807) is 11.8 Å². The molecule has 0 saturated carbocycles. The van der Waals surface area contributed by atoms with Gasteiger partial charge in [0.1, 0.15) is 5.75 Å². The molecule has 3 heterocycles. The van der Waals surface area contributed by atoms with Crippen molar-refractivity contribution in [2.75, 3.05) is 23.7 Å². The zero-order chi connectivity index (χ0) is 17.6. The summed E-state index contributed by atoms with van der Waals surface area (Å²) >= 11 is 1.66. The molecule has 2 aliphatic heterocycles. The number of nitrogens with zero attached hydrogens (tertiary/aromatic N) is 1. The van der Waals surface area contributed by atoms with Gasteiger partial charge in [-0.15, -0.1) is 11.8 Å². The molecule has 130 valence electrons. The van der Waals surface area contributed by atoms with E-state index in [2.05, 4.69) is 16.0 Å². The molecule has 25 heavy (non-hydrogen) atoms. The number of aromatic amines is 1. The maximum Gasteiger partial charge on any atom is 0.345 e. The first-order chi connectivity index (χ1) is 12.1. The van der Waals surface area contributed by atoms with E-state index in [1.807, 2.05) is 12.1 Å². The SMILES string of the molecule is O=C(O)c1c(O)c2c([nH]c1=O)-c1ccc(N3CCCC3)cc1SCC2. The Morgan fingerprint density at radius 3 is 2.72 bits per heavy atom.